The third-order valence-electron chi connectivity index (χ3n) is 4.99. The Morgan fingerprint density at radius 1 is 1.21 bits per heavy atom. The van der Waals surface area contributed by atoms with E-state index in [0.717, 1.165) is 17.0 Å². The summed E-state index contributed by atoms with van der Waals surface area (Å²) >= 11 is 1.47. The topological polar surface area (TPSA) is 56.6 Å². The molecule has 0 radical (unpaired) electrons. The number of anilines is 1. The Labute approximate surface area is 167 Å². The molecule has 2 aromatic rings. The molecule has 1 unspecified atom stereocenters. The molecule has 2 aliphatic heterocycles. The molecule has 5 nitrogen and oxygen atoms in total. The second kappa shape index (κ2) is 7.56. The first-order valence-electron chi connectivity index (χ1n) is 8.83. The van der Waals surface area contributed by atoms with Crippen molar-refractivity contribution < 1.29 is 13.9 Å². The van der Waals surface area contributed by atoms with Crippen LogP contribution in [0.5, 0.6) is 5.75 Å². The van der Waals surface area contributed by atoms with Crippen LogP contribution in [0.2, 0.25) is 0 Å². The number of hydrogen-bond acceptors (Lipinski definition) is 5. The Morgan fingerprint density at radius 2 is 1.96 bits per heavy atom. The maximum absolute atomic E-state index is 13.3. The molecule has 1 fully saturated rings. The highest BCUT2D eigenvalue weighted by molar-refractivity contribution is 8.03. The number of allylic oxidation sites excluding steroid dienone is 1. The van der Waals surface area contributed by atoms with Gasteiger partial charge in [-0.25, -0.2) is 4.39 Å². The van der Waals surface area contributed by atoms with E-state index in [1.54, 1.807) is 24.1 Å². The van der Waals surface area contributed by atoms with Gasteiger partial charge in [-0.3, -0.25) is 9.69 Å². The predicted molar refractivity (Wildman–Crippen MR) is 106 cm³/mol. The highest BCUT2D eigenvalue weighted by Gasteiger charge is 2.38. The number of nitriles is 1. The van der Waals surface area contributed by atoms with Crippen LogP contribution in [-0.2, 0) is 4.79 Å². The Balaban J connectivity index is 1.67. The van der Waals surface area contributed by atoms with Gasteiger partial charge in [0.2, 0.25) is 5.91 Å². The lowest BCUT2D eigenvalue weighted by molar-refractivity contribution is -0.129. The van der Waals surface area contributed by atoms with Crippen molar-refractivity contribution in [3.8, 4) is 11.8 Å². The van der Waals surface area contributed by atoms with Gasteiger partial charge in [-0.2, -0.15) is 5.26 Å². The summed E-state index contributed by atoms with van der Waals surface area (Å²) in [5.41, 5.74) is 2.26. The first-order valence-corrected chi connectivity index (χ1v) is 9.81. The molecule has 0 spiro atoms. The van der Waals surface area contributed by atoms with Gasteiger partial charge in [0.1, 0.15) is 11.6 Å². The third kappa shape index (κ3) is 3.20. The number of amides is 1. The van der Waals surface area contributed by atoms with Crippen molar-refractivity contribution >= 4 is 23.4 Å². The van der Waals surface area contributed by atoms with Gasteiger partial charge >= 0.3 is 0 Å². The van der Waals surface area contributed by atoms with E-state index >= 15 is 0 Å². The zero-order valence-corrected chi connectivity index (χ0v) is 16.1. The molecule has 1 saturated heterocycles. The number of methoxy groups -OCH3 is 1. The predicted octanol–water partition coefficient (Wildman–Crippen LogP) is 4.05. The number of carbonyl (C=O) groups excluding carboxylic acids is 1. The summed E-state index contributed by atoms with van der Waals surface area (Å²) in [5.74, 6) is 0.619. The van der Waals surface area contributed by atoms with Gasteiger partial charge in [0.15, 0.2) is 0 Å². The SMILES string of the molecule is COc1ccccc1N1CSC2=C(C#N)C(c3ccc(F)cc3)CC(=O)N2C1. The average molecular weight is 395 g/mol. The fourth-order valence-electron chi connectivity index (χ4n) is 3.59. The van der Waals surface area contributed by atoms with Crippen LogP contribution in [0.1, 0.15) is 17.9 Å². The first-order chi connectivity index (χ1) is 13.6. The minimum absolute atomic E-state index is 0.0459. The van der Waals surface area contributed by atoms with Crippen LogP contribution < -0.4 is 9.64 Å². The molecular formula is C21H18FN3O2S. The summed E-state index contributed by atoms with van der Waals surface area (Å²) in [7, 11) is 1.62. The van der Waals surface area contributed by atoms with E-state index in [2.05, 4.69) is 11.0 Å². The Morgan fingerprint density at radius 3 is 2.68 bits per heavy atom. The summed E-state index contributed by atoms with van der Waals surface area (Å²) < 4.78 is 18.7. The second-order valence-electron chi connectivity index (χ2n) is 6.59. The van der Waals surface area contributed by atoms with E-state index < -0.39 is 0 Å². The molecule has 0 aliphatic carbocycles. The van der Waals surface area contributed by atoms with Crippen molar-refractivity contribution in [2.45, 2.75) is 12.3 Å². The fraction of sp³-hybridized carbons (Fsp3) is 0.238. The van der Waals surface area contributed by atoms with E-state index in [4.69, 9.17) is 4.74 Å². The molecule has 2 heterocycles. The van der Waals surface area contributed by atoms with Crippen molar-refractivity contribution in [3.05, 3.63) is 70.5 Å². The zero-order valence-electron chi connectivity index (χ0n) is 15.3. The van der Waals surface area contributed by atoms with Gasteiger partial charge in [0.25, 0.3) is 0 Å². The van der Waals surface area contributed by atoms with Gasteiger partial charge < -0.3 is 9.64 Å². The van der Waals surface area contributed by atoms with Crippen molar-refractivity contribution in [3.63, 3.8) is 0 Å². The molecule has 4 rings (SSSR count). The molecule has 0 N–H and O–H groups in total. The molecule has 2 aromatic carbocycles. The number of fused-ring (bicyclic) bond motifs is 1. The summed E-state index contributed by atoms with van der Waals surface area (Å²) in [5, 5.41) is 10.5. The molecule has 28 heavy (non-hydrogen) atoms. The van der Waals surface area contributed by atoms with E-state index in [-0.39, 0.29) is 24.1 Å². The summed E-state index contributed by atoms with van der Waals surface area (Å²) in [6.45, 7) is 0.364. The van der Waals surface area contributed by atoms with Gasteiger partial charge in [-0.15, -0.1) is 0 Å². The molecule has 0 bridgehead atoms. The first kappa shape index (κ1) is 18.4. The van der Waals surface area contributed by atoms with Crippen LogP contribution in [0.3, 0.4) is 0 Å². The summed E-state index contributed by atoms with van der Waals surface area (Å²) in [4.78, 5) is 16.6. The Hall–Kier alpha value is -2.98. The summed E-state index contributed by atoms with van der Waals surface area (Å²) in [6, 6.07) is 16.0. The van der Waals surface area contributed by atoms with Gasteiger partial charge in [0, 0.05) is 12.3 Å². The van der Waals surface area contributed by atoms with Crippen LogP contribution in [0.15, 0.2) is 59.1 Å². The number of halogens is 1. The molecule has 142 valence electrons. The second-order valence-corrected chi connectivity index (χ2v) is 7.52. The number of benzene rings is 2. The van der Waals surface area contributed by atoms with Gasteiger partial charge in [0.05, 0.1) is 42.0 Å². The van der Waals surface area contributed by atoms with Crippen molar-refractivity contribution in [2.75, 3.05) is 24.6 Å². The number of para-hydroxylation sites is 2. The highest BCUT2D eigenvalue weighted by Crippen LogP contribution is 2.44. The smallest absolute Gasteiger partial charge is 0.229 e. The van der Waals surface area contributed by atoms with E-state index in [9.17, 15) is 14.4 Å². The van der Waals surface area contributed by atoms with E-state index in [1.807, 2.05) is 24.3 Å². The number of thioether (sulfide) groups is 1. The number of ether oxygens (including phenoxy) is 1. The normalized spacial score (nSPS) is 19.3. The molecule has 0 aromatic heterocycles. The van der Waals surface area contributed by atoms with Crippen molar-refractivity contribution in [1.29, 1.82) is 5.26 Å². The number of hydrogen-bond donors (Lipinski definition) is 0. The molecule has 1 amide bonds. The standard InChI is InChI=1S/C21H18FN3O2S/c1-27-19-5-3-2-4-18(19)24-12-25-20(26)10-16(14-6-8-15(22)9-7-14)17(11-23)21(25)28-13-24/h2-9,16H,10,12-13H2,1H3. The highest BCUT2D eigenvalue weighted by atomic mass is 32.2. The minimum atomic E-state index is -0.338. The number of rotatable bonds is 3. The Kier molecular flexibility index (Phi) is 4.97. The average Bonchev–Trinajstić information content (AvgIpc) is 2.74. The molecule has 2 aliphatic rings. The molecule has 7 heteroatoms. The molecule has 1 atom stereocenters. The van der Waals surface area contributed by atoms with Crippen LogP contribution in [0.25, 0.3) is 0 Å². The molecule has 0 saturated carbocycles. The van der Waals surface area contributed by atoms with Gasteiger partial charge in [-0.1, -0.05) is 36.0 Å². The zero-order chi connectivity index (χ0) is 19.7. The van der Waals surface area contributed by atoms with Crippen LogP contribution in [0, 0.1) is 17.1 Å². The number of carbonyl (C=O) groups is 1. The van der Waals surface area contributed by atoms with Crippen LogP contribution >= 0.6 is 11.8 Å². The number of nitrogens with zero attached hydrogens (tertiary/aromatic N) is 3. The van der Waals surface area contributed by atoms with Crippen molar-refractivity contribution in [2.24, 2.45) is 0 Å². The van der Waals surface area contributed by atoms with E-state index in [0.29, 0.717) is 23.1 Å². The summed E-state index contributed by atoms with van der Waals surface area (Å²) in [6.07, 6.45) is 0.193. The van der Waals surface area contributed by atoms with Gasteiger partial charge in [-0.05, 0) is 29.8 Å². The van der Waals surface area contributed by atoms with E-state index in [1.165, 1.54) is 23.9 Å². The van der Waals surface area contributed by atoms with Crippen LogP contribution in [0.4, 0.5) is 10.1 Å². The lowest BCUT2D eigenvalue weighted by Crippen LogP contribution is -2.47. The lowest BCUT2D eigenvalue weighted by atomic mass is 9.86. The Bertz CT molecular complexity index is 984. The minimum Gasteiger partial charge on any atom is -0.495 e. The fourth-order valence-corrected chi connectivity index (χ4v) is 4.74. The third-order valence-corrected chi connectivity index (χ3v) is 6.15. The maximum Gasteiger partial charge on any atom is 0.229 e. The maximum atomic E-state index is 13.3. The largest absolute Gasteiger partial charge is 0.495 e. The monoisotopic (exact) mass is 395 g/mol. The van der Waals surface area contributed by atoms with Crippen LogP contribution in [-0.4, -0.2) is 30.5 Å². The van der Waals surface area contributed by atoms with Crippen molar-refractivity contribution in [1.82, 2.24) is 4.90 Å². The quantitative estimate of drug-likeness (QED) is 0.785. The lowest BCUT2D eigenvalue weighted by Gasteiger charge is -2.42. The molecular weight excluding hydrogens is 377 g/mol.